The molecule has 8 heteroatoms. The molecule has 1 fully saturated rings. The number of pyridine rings is 1. The summed E-state index contributed by atoms with van der Waals surface area (Å²) in [6, 6.07) is 7.23. The van der Waals surface area contributed by atoms with Gasteiger partial charge in [-0.1, -0.05) is 25.1 Å². The monoisotopic (exact) mass is 418 g/mol. The number of fused-ring (bicyclic) bond motifs is 1. The van der Waals surface area contributed by atoms with Gasteiger partial charge in [-0.15, -0.1) is 0 Å². The van der Waals surface area contributed by atoms with Crippen LogP contribution in [0.4, 0.5) is 0 Å². The van der Waals surface area contributed by atoms with Crippen molar-refractivity contribution in [3.8, 4) is 0 Å². The number of esters is 1. The average molecular weight is 419 g/mol. The average Bonchev–Trinajstić information content (AvgIpc) is 3.05. The minimum Gasteiger partial charge on any atom is -0.452 e. The van der Waals surface area contributed by atoms with E-state index in [2.05, 4.69) is 4.98 Å². The van der Waals surface area contributed by atoms with E-state index in [0.29, 0.717) is 30.6 Å². The zero-order valence-electron chi connectivity index (χ0n) is 17.0. The van der Waals surface area contributed by atoms with Crippen LogP contribution in [0.2, 0.25) is 0 Å². The van der Waals surface area contributed by atoms with E-state index < -0.39 is 22.4 Å². The van der Waals surface area contributed by atoms with Crippen molar-refractivity contribution in [3.05, 3.63) is 41.1 Å². The number of hydrogen-bond acceptors (Lipinski definition) is 6. The highest BCUT2D eigenvalue weighted by Crippen LogP contribution is 2.24. The number of sulfone groups is 1. The van der Waals surface area contributed by atoms with E-state index in [4.69, 9.17) is 4.74 Å². The lowest BCUT2D eigenvalue weighted by Gasteiger charge is -2.26. The zero-order chi connectivity index (χ0) is 21.2. The summed E-state index contributed by atoms with van der Waals surface area (Å²) >= 11 is 0. The van der Waals surface area contributed by atoms with E-state index in [-0.39, 0.29) is 23.5 Å². The summed E-state index contributed by atoms with van der Waals surface area (Å²) in [5, 5.41) is 0.870. The molecule has 0 radical (unpaired) electrons. The molecule has 1 amide bonds. The quantitative estimate of drug-likeness (QED) is 0.668. The second-order valence-corrected chi connectivity index (χ2v) is 9.47. The number of amides is 1. The molecule has 1 aromatic heterocycles. The van der Waals surface area contributed by atoms with E-state index in [1.165, 1.54) is 4.90 Å². The Balaban J connectivity index is 1.76. The van der Waals surface area contributed by atoms with Gasteiger partial charge >= 0.3 is 5.97 Å². The molecule has 29 heavy (non-hydrogen) atoms. The lowest BCUT2D eigenvalue weighted by molar-refractivity contribution is -0.136. The van der Waals surface area contributed by atoms with Crippen molar-refractivity contribution in [3.63, 3.8) is 0 Å². The van der Waals surface area contributed by atoms with Gasteiger partial charge in [0.15, 0.2) is 16.4 Å². The van der Waals surface area contributed by atoms with E-state index in [0.717, 1.165) is 16.5 Å². The molecule has 2 aromatic rings. The van der Waals surface area contributed by atoms with Gasteiger partial charge < -0.3 is 9.64 Å². The fourth-order valence-electron chi connectivity index (χ4n) is 3.91. The first-order valence-corrected chi connectivity index (χ1v) is 11.6. The highest BCUT2D eigenvalue weighted by molar-refractivity contribution is 7.91. The van der Waals surface area contributed by atoms with Crippen LogP contribution in [0.1, 0.15) is 41.9 Å². The molecule has 3 rings (SSSR count). The Morgan fingerprint density at radius 1 is 1.24 bits per heavy atom. The number of hydrogen-bond donors (Lipinski definition) is 0. The number of carbonyl (C=O) groups excluding carboxylic acids is 2. The van der Waals surface area contributed by atoms with Gasteiger partial charge in [-0.25, -0.2) is 13.2 Å². The minimum absolute atomic E-state index is 0.0335. The van der Waals surface area contributed by atoms with E-state index in [1.54, 1.807) is 6.92 Å². The summed E-state index contributed by atoms with van der Waals surface area (Å²) in [7, 11) is -3.10. The minimum atomic E-state index is -3.10. The van der Waals surface area contributed by atoms with E-state index in [1.807, 2.05) is 38.1 Å². The summed E-state index contributed by atoms with van der Waals surface area (Å²) < 4.78 is 28.8. The molecule has 1 unspecified atom stereocenters. The molecule has 0 spiro atoms. The molecule has 1 aromatic carbocycles. The summed E-state index contributed by atoms with van der Waals surface area (Å²) in [4.78, 5) is 31.5. The number of rotatable bonds is 6. The molecule has 7 nitrogen and oxygen atoms in total. The van der Waals surface area contributed by atoms with Crippen molar-refractivity contribution < 1.29 is 22.7 Å². The first-order valence-electron chi connectivity index (χ1n) is 9.82. The van der Waals surface area contributed by atoms with Gasteiger partial charge in [0.05, 0.1) is 28.3 Å². The van der Waals surface area contributed by atoms with E-state index >= 15 is 0 Å². The fraction of sp³-hybridized carbons (Fsp3) is 0.476. The van der Waals surface area contributed by atoms with Crippen molar-refractivity contribution in [1.82, 2.24) is 9.88 Å². The summed E-state index contributed by atoms with van der Waals surface area (Å²) in [6.45, 7) is 5.50. The van der Waals surface area contributed by atoms with Crippen LogP contribution < -0.4 is 0 Å². The van der Waals surface area contributed by atoms with Gasteiger partial charge in [-0.2, -0.15) is 0 Å². The van der Waals surface area contributed by atoms with Gasteiger partial charge in [-0.05, 0) is 38.3 Å². The van der Waals surface area contributed by atoms with Crippen molar-refractivity contribution >= 4 is 32.6 Å². The van der Waals surface area contributed by atoms with Gasteiger partial charge in [0, 0.05) is 18.0 Å². The number of para-hydroxylation sites is 1. The van der Waals surface area contributed by atoms with Crippen LogP contribution in [0.15, 0.2) is 24.3 Å². The molecule has 156 valence electrons. The second-order valence-electron chi connectivity index (χ2n) is 7.24. The molecule has 0 bridgehead atoms. The number of likely N-dealkylation sites (N-methyl/N-ethyl adjacent to an activating group) is 1. The third kappa shape index (κ3) is 4.42. The van der Waals surface area contributed by atoms with Crippen LogP contribution in [0.5, 0.6) is 0 Å². The van der Waals surface area contributed by atoms with Gasteiger partial charge in [-0.3, -0.25) is 9.78 Å². The van der Waals surface area contributed by atoms with Crippen LogP contribution >= 0.6 is 0 Å². The third-order valence-electron chi connectivity index (χ3n) is 5.40. The normalized spacial score (nSPS) is 18.0. The Labute approximate surface area is 171 Å². The second kappa shape index (κ2) is 8.49. The number of ether oxygens (including phenoxy) is 1. The number of benzene rings is 1. The number of aromatic nitrogens is 1. The van der Waals surface area contributed by atoms with Crippen molar-refractivity contribution in [1.29, 1.82) is 0 Å². The molecule has 0 N–H and O–H groups in total. The molecule has 1 aliphatic heterocycles. The van der Waals surface area contributed by atoms with E-state index in [9.17, 15) is 18.0 Å². The van der Waals surface area contributed by atoms with Crippen molar-refractivity contribution in [2.75, 3.05) is 24.7 Å². The summed E-state index contributed by atoms with van der Waals surface area (Å²) in [6.07, 6.45) is 0.981. The van der Waals surface area contributed by atoms with Crippen LogP contribution in [0.25, 0.3) is 10.9 Å². The zero-order valence-corrected chi connectivity index (χ0v) is 17.8. The Morgan fingerprint density at radius 2 is 1.97 bits per heavy atom. The van der Waals surface area contributed by atoms with Crippen LogP contribution in [-0.4, -0.2) is 60.9 Å². The molecule has 0 aliphatic carbocycles. The van der Waals surface area contributed by atoms with Crippen LogP contribution in [-0.2, 0) is 25.8 Å². The highest BCUT2D eigenvalue weighted by Gasteiger charge is 2.34. The Morgan fingerprint density at radius 3 is 2.59 bits per heavy atom. The molecule has 1 saturated heterocycles. The van der Waals surface area contributed by atoms with Crippen molar-refractivity contribution in [2.45, 2.75) is 39.7 Å². The number of nitrogens with zero attached hydrogens (tertiary/aromatic N) is 2. The summed E-state index contributed by atoms with van der Waals surface area (Å²) in [5.74, 6) is -0.912. The maximum Gasteiger partial charge on any atom is 0.340 e. The Hall–Kier alpha value is -2.48. The van der Waals surface area contributed by atoms with Crippen molar-refractivity contribution in [2.24, 2.45) is 0 Å². The number of carbonyl (C=O) groups is 2. The topological polar surface area (TPSA) is 93.6 Å². The predicted molar refractivity (Wildman–Crippen MR) is 111 cm³/mol. The summed E-state index contributed by atoms with van der Waals surface area (Å²) in [5.41, 5.74) is 2.62. The smallest absolute Gasteiger partial charge is 0.340 e. The maximum absolute atomic E-state index is 12.8. The van der Waals surface area contributed by atoms with Crippen LogP contribution in [0, 0.1) is 6.92 Å². The van der Waals surface area contributed by atoms with Gasteiger partial charge in [0.1, 0.15) is 0 Å². The molecular weight excluding hydrogens is 392 g/mol. The molecule has 2 heterocycles. The highest BCUT2D eigenvalue weighted by atomic mass is 32.2. The molecule has 1 aliphatic rings. The lowest BCUT2D eigenvalue weighted by Crippen LogP contribution is -2.43. The Kier molecular flexibility index (Phi) is 6.21. The first kappa shape index (κ1) is 21.2. The predicted octanol–water partition coefficient (Wildman–Crippen LogP) is 2.30. The Bertz CT molecular complexity index is 1050. The largest absolute Gasteiger partial charge is 0.452 e. The first-order chi connectivity index (χ1) is 13.8. The van der Waals surface area contributed by atoms with Gasteiger partial charge in [0.25, 0.3) is 5.91 Å². The molecular formula is C21H26N2O5S. The van der Waals surface area contributed by atoms with Crippen LogP contribution in [0.3, 0.4) is 0 Å². The van der Waals surface area contributed by atoms with Gasteiger partial charge in [0.2, 0.25) is 0 Å². The number of aryl methyl sites for hydroxylation is 2. The standard InChI is InChI=1S/C21H26N2O5S/c1-4-17-20(14(3)16-8-6-7-9-18(16)22-17)21(25)28-12-19(24)23(5-2)15-10-11-29(26,27)13-15/h6-9,15H,4-5,10-13H2,1-3H3. The lowest BCUT2D eigenvalue weighted by atomic mass is 10.0. The third-order valence-corrected chi connectivity index (χ3v) is 7.15. The molecule has 0 saturated carbocycles. The molecule has 1 atom stereocenters. The maximum atomic E-state index is 12.8. The SMILES string of the molecule is CCc1nc2ccccc2c(C)c1C(=O)OCC(=O)N(CC)C1CCS(=O)(=O)C1. The fourth-order valence-corrected chi connectivity index (χ4v) is 5.64.